The lowest BCUT2D eigenvalue weighted by Crippen LogP contribution is -2.49. The van der Waals surface area contributed by atoms with E-state index in [0.29, 0.717) is 18.4 Å². The molecule has 0 saturated heterocycles. The van der Waals surface area contributed by atoms with E-state index in [0.717, 1.165) is 34.6 Å². The molecule has 7 heteroatoms. The molecule has 0 unspecified atom stereocenters. The Balaban J connectivity index is 1.50. The van der Waals surface area contributed by atoms with E-state index in [4.69, 9.17) is 9.53 Å². The predicted octanol–water partition coefficient (Wildman–Crippen LogP) is 9.69. The third-order valence-electron chi connectivity index (χ3n) is 11.0. The van der Waals surface area contributed by atoms with E-state index in [1.165, 1.54) is 50.2 Å². The first-order valence-corrected chi connectivity index (χ1v) is 20.6. The number of sulfone groups is 1. The van der Waals surface area contributed by atoms with E-state index in [1.54, 1.807) is 32.1 Å². The predicted molar refractivity (Wildman–Crippen MR) is 181 cm³/mol. The van der Waals surface area contributed by atoms with Crippen molar-refractivity contribution in [2.75, 3.05) is 0 Å². The number of hydrogen-bond donors (Lipinski definition) is 1. The van der Waals surface area contributed by atoms with Gasteiger partial charge in [-0.3, -0.25) is 0 Å². The van der Waals surface area contributed by atoms with Gasteiger partial charge < -0.3 is 9.53 Å². The van der Waals surface area contributed by atoms with Gasteiger partial charge in [0.1, 0.15) is 5.75 Å². The number of carbonyl (C=O) groups is 1. The highest BCUT2D eigenvalue weighted by Crippen LogP contribution is 2.62. The average Bonchev–Trinajstić information content (AvgIpc) is 2.91. The SMILES string of the molecule is CC(=CC(=O)O)CCC=C(C)S(=O)(=O)c1cccc(-c2ccc(O[Si](C)(C)C(C)(C)C)c(C34CC5CC(CC(C5)C3)C4)c2)c1. The van der Waals surface area contributed by atoms with Crippen molar-refractivity contribution in [1.82, 2.24) is 0 Å². The Morgan fingerprint density at radius 1 is 0.977 bits per heavy atom. The Kier molecular flexibility index (Phi) is 8.88. The molecule has 2 aromatic rings. The van der Waals surface area contributed by atoms with Gasteiger partial charge in [0.05, 0.1) is 4.90 Å². The van der Waals surface area contributed by atoms with Gasteiger partial charge in [0.25, 0.3) is 0 Å². The van der Waals surface area contributed by atoms with Gasteiger partial charge in [-0.15, -0.1) is 0 Å². The van der Waals surface area contributed by atoms with Crippen LogP contribution in [-0.2, 0) is 20.0 Å². The van der Waals surface area contributed by atoms with Crippen molar-refractivity contribution in [3.8, 4) is 16.9 Å². The molecule has 44 heavy (non-hydrogen) atoms. The van der Waals surface area contributed by atoms with Crippen LogP contribution >= 0.6 is 0 Å². The Bertz CT molecular complexity index is 1560. The Morgan fingerprint density at radius 3 is 2.14 bits per heavy atom. The molecule has 238 valence electrons. The van der Waals surface area contributed by atoms with E-state index in [1.807, 2.05) is 12.1 Å². The lowest BCUT2D eigenvalue weighted by atomic mass is 9.48. The van der Waals surface area contributed by atoms with Gasteiger partial charge >= 0.3 is 5.97 Å². The first-order chi connectivity index (χ1) is 20.5. The minimum absolute atomic E-state index is 0.0870. The maximum Gasteiger partial charge on any atom is 0.328 e. The summed E-state index contributed by atoms with van der Waals surface area (Å²) in [5.41, 5.74) is 4.11. The molecule has 0 amide bonds. The van der Waals surface area contributed by atoms with E-state index >= 15 is 0 Å². The second-order valence-corrected chi connectivity index (χ2v) is 22.3. The maximum absolute atomic E-state index is 13.6. The summed E-state index contributed by atoms with van der Waals surface area (Å²) in [5.74, 6) is 2.46. The average molecular weight is 635 g/mol. The van der Waals surface area contributed by atoms with Crippen LogP contribution in [0.4, 0.5) is 0 Å². The molecule has 1 N–H and O–H groups in total. The first-order valence-electron chi connectivity index (χ1n) is 16.2. The molecule has 4 bridgehead atoms. The van der Waals surface area contributed by atoms with Crippen LogP contribution in [0.15, 0.2) is 70.0 Å². The van der Waals surface area contributed by atoms with E-state index in [9.17, 15) is 13.2 Å². The molecule has 4 saturated carbocycles. The third-order valence-corrected chi connectivity index (χ3v) is 17.2. The molecule has 0 heterocycles. The molecule has 0 aliphatic heterocycles. The molecule has 0 spiro atoms. The van der Waals surface area contributed by atoms with Gasteiger partial charge in [-0.1, -0.05) is 50.6 Å². The van der Waals surface area contributed by atoms with Crippen LogP contribution < -0.4 is 4.43 Å². The van der Waals surface area contributed by atoms with Crippen LogP contribution in [0.25, 0.3) is 11.1 Å². The highest BCUT2D eigenvalue weighted by Gasteiger charge is 2.53. The normalized spacial score (nSPS) is 25.8. The van der Waals surface area contributed by atoms with Crippen LogP contribution in [0.5, 0.6) is 5.75 Å². The maximum atomic E-state index is 13.6. The molecule has 2 aromatic carbocycles. The zero-order valence-electron chi connectivity index (χ0n) is 27.6. The molecule has 0 aromatic heterocycles. The van der Waals surface area contributed by atoms with Crippen molar-refractivity contribution in [3.05, 3.63) is 70.7 Å². The topological polar surface area (TPSA) is 80.7 Å². The second-order valence-electron chi connectivity index (χ2n) is 15.5. The van der Waals surface area contributed by atoms with Gasteiger partial charge in [-0.2, -0.15) is 0 Å². The van der Waals surface area contributed by atoms with Crippen LogP contribution in [0.2, 0.25) is 18.1 Å². The molecule has 4 aliphatic carbocycles. The largest absolute Gasteiger partial charge is 0.543 e. The van der Waals surface area contributed by atoms with E-state index in [-0.39, 0.29) is 20.3 Å². The highest BCUT2D eigenvalue weighted by molar-refractivity contribution is 7.95. The van der Waals surface area contributed by atoms with Crippen molar-refractivity contribution in [1.29, 1.82) is 0 Å². The smallest absolute Gasteiger partial charge is 0.328 e. The van der Waals surface area contributed by atoms with Crippen molar-refractivity contribution in [3.63, 3.8) is 0 Å². The summed E-state index contributed by atoms with van der Waals surface area (Å²) in [6.45, 7) is 14.9. The summed E-state index contributed by atoms with van der Waals surface area (Å²) in [7, 11) is -5.76. The number of hydrogen-bond acceptors (Lipinski definition) is 4. The lowest BCUT2D eigenvalue weighted by molar-refractivity contribution is -0.131. The number of carboxylic acid groups (broad SMARTS) is 1. The van der Waals surface area contributed by atoms with Gasteiger partial charge in [0, 0.05) is 11.0 Å². The first kappa shape index (κ1) is 32.7. The minimum atomic E-state index is -3.68. The number of allylic oxidation sites excluding steroid dienone is 3. The molecule has 0 atom stereocenters. The Morgan fingerprint density at radius 2 is 1.57 bits per heavy atom. The number of benzene rings is 2. The summed E-state index contributed by atoms with van der Waals surface area (Å²) in [5, 5.41) is 9.03. The van der Waals surface area contributed by atoms with E-state index < -0.39 is 24.1 Å². The molecule has 4 aliphatic rings. The molecule has 0 radical (unpaired) electrons. The molecule has 5 nitrogen and oxygen atoms in total. The standard InChI is InChI=1S/C37H50O5SSi/c1-25(16-35(38)39)10-8-11-26(2)43(40,41)32-13-9-12-30(20-32)31-14-15-34(42-44(6,7)36(3,4)5)33(21-31)37-22-27-17-28(23-37)19-29(18-27)24-37/h9,11-16,20-21,27-29H,8,10,17-19,22-24H2,1-7H3,(H,38,39). The van der Waals surface area contributed by atoms with Crippen LogP contribution in [0.3, 0.4) is 0 Å². The number of carboxylic acids is 1. The monoisotopic (exact) mass is 634 g/mol. The highest BCUT2D eigenvalue weighted by atomic mass is 32.2. The second kappa shape index (κ2) is 11.9. The molecule has 4 fully saturated rings. The number of rotatable bonds is 10. The van der Waals surface area contributed by atoms with Gasteiger partial charge in [0.2, 0.25) is 18.2 Å². The fourth-order valence-electron chi connectivity index (χ4n) is 8.01. The fourth-order valence-corrected chi connectivity index (χ4v) is 10.3. The zero-order chi connectivity index (χ0) is 32.1. The van der Waals surface area contributed by atoms with E-state index in [2.05, 4.69) is 52.1 Å². The fraction of sp³-hybridized carbons (Fsp3) is 0.541. The summed E-state index contributed by atoms with van der Waals surface area (Å²) in [4.78, 5) is 11.5. The Labute approximate surface area is 265 Å². The molecular formula is C37H50O5SSi. The summed E-state index contributed by atoms with van der Waals surface area (Å²) >= 11 is 0. The lowest BCUT2D eigenvalue weighted by Gasteiger charge is -2.57. The summed E-state index contributed by atoms with van der Waals surface area (Å²) < 4.78 is 34.2. The van der Waals surface area contributed by atoms with Crippen molar-refractivity contribution >= 4 is 24.1 Å². The third kappa shape index (κ3) is 6.64. The van der Waals surface area contributed by atoms with Gasteiger partial charge in [-0.05, 0) is 147 Å². The van der Waals surface area contributed by atoms with Crippen molar-refractivity contribution in [2.24, 2.45) is 17.8 Å². The molecular weight excluding hydrogens is 585 g/mol. The Hall–Kier alpha value is -2.64. The van der Waals surface area contributed by atoms with Gasteiger partial charge in [-0.25, -0.2) is 13.2 Å². The summed E-state index contributed by atoms with van der Waals surface area (Å²) in [6, 6.07) is 13.9. The van der Waals surface area contributed by atoms with Crippen LogP contribution in [0.1, 0.15) is 91.5 Å². The minimum Gasteiger partial charge on any atom is -0.543 e. The van der Waals surface area contributed by atoms with Gasteiger partial charge in [0.15, 0.2) is 0 Å². The molecule has 6 rings (SSSR count). The van der Waals surface area contributed by atoms with Crippen LogP contribution in [0, 0.1) is 17.8 Å². The summed E-state index contributed by atoms with van der Waals surface area (Å²) in [6.07, 6.45) is 11.6. The van der Waals surface area contributed by atoms with Crippen LogP contribution in [-0.4, -0.2) is 27.8 Å². The zero-order valence-corrected chi connectivity index (χ0v) is 29.4. The quantitative estimate of drug-likeness (QED) is 0.208. The number of aliphatic carboxylic acids is 1. The van der Waals surface area contributed by atoms with Crippen molar-refractivity contribution in [2.45, 2.75) is 114 Å². The van der Waals surface area contributed by atoms with Crippen molar-refractivity contribution < 1.29 is 22.7 Å².